The van der Waals surface area contributed by atoms with Crippen LogP contribution in [-0.2, 0) is 6.54 Å². The number of aromatic nitrogens is 1. The van der Waals surface area contributed by atoms with E-state index < -0.39 is 12.0 Å². The van der Waals surface area contributed by atoms with Crippen LogP contribution in [0.3, 0.4) is 0 Å². The molecule has 0 saturated carbocycles. The summed E-state index contributed by atoms with van der Waals surface area (Å²) in [6, 6.07) is 2.82. The number of carbonyl (C=O) groups excluding carboxylic acids is 1. The van der Waals surface area contributed by atoms with Crippen LogP contribution in [0.25, 0.3) is 0 Å². The largest absolute Gasteiger partial charge is 0.478 e. The van der Waals surface area contributed by atoms with Gasteiger partial charge in [-0.15, -0.1) is 11.3 Å². The van der Waals surface area contributed by atoms with Crippen molar-refractivity contribution < 1.29 is 14.7 Å². The minimum atomic E-state index is -1.09. The second-order valence-electron chi connectivity index (χ2n) is 3.77. The SMILES string of the molecule is O=C(NCc1sccc1Br)Nc1cncc(C(=O)O)c1. The lowest BCUT2D eigenvalue weighted by Gasteiger charge is -2.07. The molecule has 2 amide bonds. The van der Waals surface area contributed by atoms with Crippen LogP contribution >= 0.6 is 27.3 Å². The molecule has 2 rings (SSSR count). The third-order valence-electron chi connectivity index (χ3n) is 2.34. The zero-order valence-electron chi connectivity index (χ0n) is 10.1. The summed E-state index contributed by atoms with van der Waals surface area (Å²) < 4.78 is 0.942. The molecule has 104 valence electrons. The number of carboxylic acids is 1. The minimum Gasteiger partial charge on any atom is -0.478 e. The van der Waals surface area contributed by atoms with E-state index in [9.17, 15) is 9.59 Å². The molecule has 0 aromatic carbocycles. The van der Waals surface area contributed by atoms with Crippen molar-refractivity contribution in [2.75, 3.05) is 5.32 Å². The maximum Gasteiger partial charge on any atom is 0.337 e. The van der Waals surface area contributed by atoms with Crippen molar-refractivity contribution in [1.29, 1.82) is 0 Å². The number of nitrogens with one attached hydrogen (secondary N) is 2. The maximum atomic E-state index is 11.7. The Kier molecular flexibility index (Phi) is 4.70. The molecule has 2 aromatic heterocycles. The van der Waals surface area contributed by atoms with Crippen LogP contribution in [0.2, 0.25) is 0 Å². The van der Waals surface area contributed by atoms with Gasteiger partial charge in [-0.25, -0.2) is 9.59 Å². The Morgan fingerprint density at radius 3 is 2.85 bits per heavy atom. The van der Waals surface area contributed by atoms with E-state index in [1.807, 2.05) is 11.4 Å². The van der Waals surface area contributed by atoms with Crippen molar-refractivity contribution in [2.45, 2.75) is 6.54 Å². The number of nitrogens with zero attached hydrogens (tertiary/aromatic N) is 1. The molecule has 8 heteroatoms. The van der Waals surface area contributed by atoms with Crippen molar-refractivity contribution in [2.24, 2.45) is 0 Å². The van der Waals surface area contributed by atoms with Gasteiger partial charge < -0.3 is 15.7 Å². The van der Waals surface area contributed by atoms with Crippen LogP contribution in [-0.4, -0.2) is 22.1 Å². The predicted molar refractivity (Wildman–Crippen MR) is 79.1 cm³/mol. The van der Waals surface area contributed by atoms with Gasteiger partial charge >= 0.3 is 12.0 Å². The summed E-state index contributed by atoms with van der Waals surface area (Å²) in [5.41, 5.74) is 0.344. The highest BCUT2D eigenvalue weighted by atomic mass is 79.9. The van der Waals surface area contributed by atoms with Gasteiger partial charge in [0.05, 0.1) is 24.0 Å². The summed E-state index contributed by atoms with van der Waals surface area (Å²) in [6.07, 6.45) is 2.60. The summed E-state index contributed by atoms with van der Waals surface area (Å²) in [5, 5.41) is 16.0. The quantitative estimate of drug-likeness (QED) is 0.786. The van der Waals surface area contributed by atoms with E-state index in [0.717, 1.165) is 9.35 Å². The van der Waals surface area contributed by atoms with Gasteiger partial charge in [-0.05, 0) is 33.4 Å². The maximum absolute atomic E-state index is 11.7. The summed E-state index contributed by atoms with van der Waals surface area (Å²) in [5.74, 6) is -1.09. The van der Waals surface area contributed by atoms with Crippen molar-refractivity contribution in [3.8, 4) is 0 Å². The second-order valence-corrected chi connectivity index (χ2v) is 5.62. The number of thiophene rings is 1. The van der Waals surface area contributed by atoms with Gasteiger partial charge in [0, 0.05) is 15.5 Å². The molecule has 0 aliphatic heterocycles. The third kappa shape index (κ3) is 3.78. The van der Waals surface area contributed by atoms with E-state index in [1.54, 1.807) is 0 Å². The van der Waals surface area contributed by atoms with Crippen LogP contribution in [0, 0.1) is 0 Å². The molecule has 2 heterocycles. The number of carboxylic acid groups (broad SMARTS) is 1. The van der Waals surface area contributed by atoms with Crippen molar-refractivity contribution in [1.82, 2.24) is 10.3 Å². The number of rotatable bonds is 4. The van der Waals surface area contributed by atoms with Crippen molar-refractivity contribution in [3.05, 3.63) is 44.8 Å². The zero-order chi connectivity index (χ0) is 14.5. The van der Waals surface area contributed by atoms with Gasteiger partial charge in [-0.1, -0.05) is 0 Å². The van der Waals surface area contributed by atoms with E-state index in [4.69, 9.17) is 5.11 Å². The van der Waals surface area contributed by atoms with Gasteiger partial charge in [-0.3, -0.25) is 4.98 Å². The Morgan fingerprint density at radius 1 is 1.40 bits per heavy atom. The molecule has 0 aliphatic carbocycles. The molecule has 0 radical (unpaired) electrons. The first-order chi connectivity index (χ1) is 9.56. The van der Waals surface area contributed by atoms with Crippen LogP contribution in [0.4, 0.5) is 10.5 Å². The molecule has 0 saturated heterocycles. The molecule has 3 N–H and O–H groups in total. The van der Waals surface area contributed by atoms with E-state index >= 15 is 0 Å². The molecular weight excluding hydrogens is 346 g/mol. The molecular formula is C12H10BrN3O3S. The number of anilines is 1. The standard InChI is InChI=1S/C12H10BrN3O3S/c13-9-1-2-20-10(9)6-15-12(19)16-8-3-7(11(17)18)4-14-5-8/h1-5H,6H2,(H,17,18)(H2,15,16,19). The van der Waals surface area contributed by atoms with Gasteiger partial charge in [0.2, 0.25) is 0 Å². The van der Waals surface area contributed by atoms with Gasteiger partial charge in [0.25, 0.3) is 0 Å². The van der Waals surface area contributed by atoms with E-state index in [-0.39, 0.29) is 5.56 Å². The van der Waals surface area contributed by atoms with Crippen molar-refractivity contribution in [3.63, 3.8) is 0 Å². The number of carbonyl (C=O) groups is 2. The Morgan fingerprint density at radius 2 is 2.20 bits per heavy atom. The van der Waals surface area contributed by atoms with Gasteiger partial charge in [0.15, 0.2) is 0 Å². The topological polar surface area (TPSA) is 91.3 Å². The first-order valence-electron chi connectivity index (χ1n) is 5.51. The van der Waals surface area contributed by atoms with E-state index in [1.165, 1.54) is 29.8 Å². The number of hydrogen-bond donors (Lipinski definition) is 3. The number of hydrogen-bond acceptors (Lipinski definition) is 4. The smallest absolute Gasteiger partial charge is 0.337 e. The van der Waals surface area contributed by atoms with Crippen LogP contribution in [0.1, 0.15) is 15.2 Å². The Labute approximate surface area is 127 Å². The fourth-order valence-electron chi connectivity index (χ4n) is 1.41. The lowest BCUT2D eigenvalue weighted by Crippen LogP contribution is -2.28. The highest BCUT2D eigenvalue weighted by Gasteiger charge is 2.08. The van der Waals surface area contributed by atoms with Crippen molar-refractivity contribution >= 4 is 45.0 Å². The number of pyridine rings is 1. The zero-order valence-corrected chi connectivity index (χ0v) is 12.5. The Bertz CT molecular complexity index is 644. The average molecular weight is 356 g/mol. The monoisotopic (exact) mass is 355 g/mol. The third-order valence-corrected chi connectivity index (χ3v) is 4.27. The van der Waals surface area contributed by atoms with Crippen LogP contribution < -0.4 is 10.6 Å². The minimum absolute atomic E-state index is 0.0174. The number of aromatic carboxylic acids is 1. The first kappa shape index (κ1) is 14.5. The molecule has 0 aliphatic rings. The average Bonchev–Trinajstić information content (AvgIpc) is 2.82. The molecule has 0 bridgehead atoms. The van der Waals surface area contributed by atoms with Crippen LogP contribution in [0.5, 0.6) is 0 Å². The van der Waals surface area contributed by atoms with E-state index in [0.29, 0.717) is 12.2 Å². The summed E-state index contributed by atoms with van der Waals surface area (Å²) in [7, 11) is 0. The molecule has 6 nitrogen and oxygen atoms in total. The van der Waals surface area contributed by atoms with Gasteiger partial charge in [-0.2, -0.15) is 0 Å². The fourth-order valence-corrected chi connectivity index (χ4v) is 2.84. The number of halogens is 1. The lowest BCUT2D eigenvalue weighted by molar-refractivity contribution is 0.0696. The number of urea groups is 1. The summed E-state index contributed by atoms with van der Waals surface area (Å²) >= 11 is 4.90. The summed E-state index contributed by atoms with van der Waals surface area (Å²) in [6.45, 7) is 0.385. The number of amides is 2. The molecule has 0 unspecified atom stereocenters. The Hall–Kier alpha value is -1.93. The second kappa shape index (κ2) is 6.49. The lowest BCUT2D eigenvalue weighted by atomic mass is 10.3. The molecule has 0 spiro atoms. The van der Waals surface area contributed by atoms with Gasteiger partial charge in [0.1, 0.15) is 0 Å². The normalized spacial score (nSPS) is 10.1. The van der Waals surface area contributed by atoms with E-state index in [2.05, 4.69) is 31.5 Å². The fraction of sp³-hybridized carbons (Fsp3) is 0.0833. The molecule has 0 fully saturated rings. The first-order valence-corrected chi connectivity index (χ1v) is 7.18. The molecule has 0 atom stereocenters. The van der Waals surface area contributed by atoms with Crippen LogP contribution in [0.15, 0.2) is 34.4 Å². The highest BCUT2D eigenvalue weighted by molar-refractivity contribution is 9.10. The summed E-state index contributed by atoms with van der Waals surface area (Å²) in [4.78, 5) is 27.2. The molecule has 20 heavy (non-hydrogen) atoms. The Balaban J connectivity index is 1.93. The predicted octanol–water partition coefficient (Wildman–Crippen LogP) is 2.93. The highest BCUT2D eigenvalue weighted by Crippen LogP contribution is 2.22. The molecule has 2 aromatic rings.